The molecule has 0 fully saturated rings. The fraction of sp³-hybridized carbons (Fsp3) is 0.167. The van der Waals surface area contributed by atoms with Gasteiger partial charge in [0.15, 0.2) is 5.16 Å². The van der Waals surface area contributed by atoms with E-state index in [1.54, 1.807) is 17.4 Å². The molecule has 0 aliphatic rings. The lowest BCUT2D eigenvalue weighted by molar-refractivity contribution is 0.0678. The maximum atomic E-state index is 13.2. The predicted molar refractivity (Wildman–Crippen MR) is 110 cm³/mol. The standard InChI is InChI=1S/C18H14F2N4OS3/c1-2-6-24-16(25)14-11(12-4-3-8-26-12)9-27-15(14)22-18(24)28-10-13-21-5-7-23(13)17(19)20/h2-5,7-9,17H,1,6,10H2. The number of nitrogens with zero attached hydrogens (tertiary/aromatic N) is 4. The lowest BCUT2D eigenvalue weighted by atomic mass is 10.2. The van der Waals surface area contributed by atoms with Crippen LogP contribution >= 0.6 is 34.4 Å². The van der Waals surface area contributed by atoms with Gasteiger partial charge in [0.05, 0.1) is 11.1 Å². The average Bonchev–Trinajstić information content (AvgIpc) is 3.42. The molecule has 0 N–H and O–H groups in total. The summed E-state index contributed by atoms with van der Waals surface area (Å²) in [6.45, 7) is 1.34. The van der Waals surface area contributed by atoms with Gasteiger partial charge in [-0.2, -0.15) is 8.78 Å². The highest BCUT2D eigenvalue weighted by Gasteiger charge is 2.19. The maximum absolute atomic E-state index is 13.2. The van der Waals surface area contributed by atoms with Gasteiger partial charge in [0.2, 0.25) is 0 Å². The van der Waals surface area contributed by atoms with Gasteiger partial charge in [-0.15, -0.1) is 29.3 Å². The van der Waals surface area contributed by atoms with E-state index in [0.29, 0.717) is 15.4 Å². The number of hydrogen-bond acceptors (Lipinski definition) is 6. The van der Waals surface area contributed by atoms with Crippen LogP contribution in [-0.2, 0) is 12.3 Å². The first-order chi connectivity index (χ1) is 13.6. The van der Waals surface area contributed by atoms with Crippen LogP contribution in [-0.4, -0.2) is 19.1 Å². The summed E-state index contributed by atoms with van der Waals surface area (Å²) in [5.74, 6) is 0.403. The summed E-state index contributed by atoms with van der Waals surface area (Å²) in [6.07, 6.45) is 4.19. The lowest BCUT2D eigenvalue weighted by Crippen LogP contribution is -2.22. The number of alkyl halides is 2. The Morgan fingerprint density at radius 1 is 1.36 bits per heavy atom. The van der Waals surface area contributed by atoms with Crippen LogP contribution in [0.4, 0.5) is 8.78 Å². The third-order valence-electron chi connectivity index (χ3n) is 4.05. The van der Waals surface area contributed by atoms with Crippen LogP contribution in [0.3, 0.4) is 0 Å². The van der Waals surface area contributed by atoms with Gasteiger partial charge in [-0.25, -0.2) is 9.97 Å². The van der Waals surface area contributed by atoms with Gasteiger partial charge in [0.1, 0.15) is 10.7 Å². The van der Waals surface area contributed by atoms with Gasteiger partial charge in [-0.05, 0) is 11.4 Å². The van der Waals surface area contributed by atoms with Crippen molar-refractivity contribution in [1.29, 1.82) is 0 Å². The summed E-state index contributed by atoms with van der Waals surface area (Å²) >= 11 is 4.17. The first-order valence-corrected chi connectivity index (χ1v) is 10.9. The smallest absolute Gasteiger partial charge is 0.283 e. The maximum Gasteiger partial charge on any atom is 0.319 e. The molecule has 0 spiro atoms. The average molecular weight is 437 g/mol. The molecule has 0 aliphatic heterocycles. The van der Waals surface area contributed by atoms with E-state index in [4.69, 9.17) is 0 Å². The van der Waals surface area contributed by atoms with Crippen molar-refractivity contribution in [2.45, 2.75) is 24.0 Å². The second kappa shape index (κ2) is 7.98. The minimum atomic E-state index is -2.66. The van der Waals surface area contributed by atoms with E-state index < -0.39 is 6.55 Å². The molecule has 4 heterocycles. The quantitative estimate of drug-likeness (QED) is 0.225. The number of thiophene rings is 2. The highest BCUT2D eigenvalue weighted by molar-refractivity contribution is 7.98. The van der Waals surface area contributed by atoms with Crippen LogP contribution in [0, 0.1) is 0 Å². The van der Waals surface area contributed by atoms with Crippen molar-refractivity contribution >= 4 is 44.7 Å². The van der Waals surface area contributed by atoms with E-state index >= 15 is 0 Å². The third-order valence-corrected chi connectivity index (χ3v) is 6.79. The molecule has 4 rings (SSSR count). The molecular formula is C18H14F2N4OS3. The van der Waals surface area contributed by atoms with E-state index in [0.717, 1.165) is 15.0 Å². The molecule has 10 heteroatoms. The van der Waals surface area contributed by atoms with Crippen LogP contribution in [0.2, 0.25) is 0 Å². The molecule has 0 saturated carbocycles. The van der Waals surface area contributed by atoms with E-state index in [1.165, 1.54) is 40.1 Å². The first kappa shape index (κ1) is 19.0. The van der Waals surface area contributed by atoms with E-state index in [1.807, 2.05) is 22.9 Å². The number of aromatic nitrogens is 4. The zero-order chi connectivity index (χ0) is 19.7. The molecule has 0 aliphatic carbocycles. The first-order valence-electron chi connectivity index (χ1n) is 8.19. The lowest BCUT2D eigenvalue weighted by Gasteiger charge is -2.11. The Hall–Kier alpha value is -2.30. The molecule has 28 heavy (non-hydrogen) atoms. The Bertz CT molecular complexity index is 1180. The van der Waals surface area contributed by atoms with Gasteiger partial charge >= 0.3 is 6.55 Å². The molecule has 0 radical (unpaired) electrons. The predicted octanol–water partition coefficient (Wildman–Crippen LogP) is 5.26. The second-order valence-electron chi connectivity index (χ2n) is 5.72. The number of fused-ring (bicyclic) bond motifs is 1. The highest BCUT2D eigenvalue weighted by atomic mass is 32.2. The monoisotopic (exact) mass is 436 g/mol. The molecule has 0 atom stereocenters. The number of thioether (sulfide) groups is 1. The Kier molecular flexibility index (Phi) is 5.42. The normalized spacial score (nSPS) is 11.5. The van der Waals surface area contributed by atoms with Crippen molar-refractivity contribution in [3.05, 3.63) is 64.1 Å². The minimum absolute atomic E-state index is 0.158. The van der Waals surface area contributed by atoms with Crippen LogP contribution in [0.15, 0.2) is 57.9 Å². The molecular weight excluding hydrogens is 422 g/mol. The molecule has 0 aromatic carbocycles. The number of imidazole rings is 1. The summed E-state index contributed by atoms with van der Waals surface area (Å²) < 4.78 is 28.4. The molecule has 0 unspecified atom stereocenters. The zero-order valence-corrected chi connectivity index (χ0v) is 16.9. The number of rotatable bonds is 7. The van der Waals surface area contributed by atoms with Gasteiger partial charge in [-0.1, -0.05) is 23.9 Å². The molecule has 4 aromatic rings. The summed E-state index contributed by atoms with van der Waals surface area (Å²) in [6, 6.07) is 3.91. The largest absolute Gasteiger partial charge is 0.319 e. The molecule has 0 bridgehead atoms. The Morgan fingerprint density at radius 2 is 2.21 bits per heavy atom. The highest BCUT2D eigenvalue weighted by Crippen LogP contribution is 2.35. The Morgan fingerprint density at radius 3 is 2.93 bits per heavy atom. The number of allylic oxidation sites excluding steroid dienone is 1. The van der Waals surface area contributed by atoms with Crippen LogP contribution in [0.1, 0.15) is 12.4 Å². The van der Waals surface area contributed by atoms with E-state index in [2.05, 4.69) is 16.5 Å². The van der Waals surface area contributed by atoms with Crippen LogP contribution in [0.25, 0.3) is 20.7 Å². The van der Waals surface area contributed by atoms with Gasteiger partial charge in [0.25, 0.3) is 5.56 Å². The van der Waals surface area contributed by atoms with E-state index in [9.17, 15) is 13.6 Å². The van der Waals surface area contributed by atoms with Gasteiger partial charge < -0.3 is 0 Å². The van der Waals surface area contributed by atoms with Crippen molar-refractivity contribution in [1.82, 2.24) is 19.1 Å². The van der Waals surface area contributed by atoms with E-state index in [-0.39, 0.29) is 23.7 Å². The van der Waals surface area contributed by atoms with Crippen molar-refractivity contribution in [3.8, 4) is 10.4 Å². The Balaban J connectivity index is 1.76. The van der Waals surface area contributed by atoms with Crippen molar-refractivity contribution in [2.24, 2.45) is 0 Å². The summed E-state index contributed by atoms with van der Waals surface area (Å²) in [7, 11) is 0. The second-order valence-corrected chi connectivity index (χ2v) is 8.47. The Labute approximate surface area is 171 Å². The van der Waals surface area contributed by atoms with Crippen LogP contribution < -0.4 is 5.56 Å². The topological polar surface area (TPSA) is 52.7 Å². The van der Waals surface area contributed by atoms with Gasteiger partial charge in [0, 0.05) is 34.8 Å². The number of hydrogen-bond donors (Lipinski definition) is 0. The summed E-state index contributed by atoms with van der Waals surface area (Å²) in [4.78, 5) is 23.4. The zero-order valence-electron chi connectivity index (χ0n) is 14.4. The molecule has 144 valence electrons. The molecule has 5 nitrogen and oxygen atoms in total. The SMILES string of the molecule is C=CCn1c(SCc2nccn2C(F)F)nc2scc(-c3cccs3)c2c1=O. The molecule has 0 amide bonds. The van der Waals surface area contributed by atoms with Crippen molar-refractivity contribution in [2.75, 3.05) is 0 Å². The fourth-order valence-electron chi connectivity index (χ4n) is 2.78. The van der Waals surface area contributed by atoms with Gasteiger partial charge in [-0.3, -0.25) is 13.9 Å². The summed E-state index contributed by atoms with van der Waals surface area (Å²) in [5.41, 5.74) is 0.712. The fourth-order valence-corrected chi connectivity index (χ4v) is 5.54. The van der Waals surface area contributed by atoms with Crippen LogP contribution in [0.5, 0.6) is 0 Å². The van der Waals surface area contributed by atoms with Crippen molar-refractivity contribution in [3.63, 3.8) is 0 Å². The molecule has 0 saturated heterocycles. The summed E-state index contributed by atoms with van der Waals surface area (Å²) in [5, 5.41) is 4.93. The number of halogens is 2. The molecule has 4 aromatic heterocycles. The minimum Gasteiger partial charge on any atom is -0.283 e. The van der Waals surface area contributed by atoms with Crippen molar-refractivity contribution < 1.29 is 8.78 Å². The third kappa shape index (κ3) is 3.43.